The molecule has 2 heterocycles. The molecular formula is C22H22N2O2. The van der Waals surface area contributed by atoms with E-state index >= 15 is 0 Å². The van der Waals surface area contributed by atoms with Crippen LogP contribution < -0.4 is 4.74 Å². The summed E-state index contributed by atoms with van der Waals surface area (Å²) >= 11 is 0. The molecule has 4 nitrogen and oxygen atoms in total. The molecule has 2 aromatic carbocycles. The van der Waals surface area contributed by atoms with E-state index in [1.807, 2.05) is 47.4 Å². The standard InChI is InChI=1S/C22H22N2O2/c1-15-7-9-20-17(11-15)8-10-21(26-20)22(25)24-13-18(12-23)19(14-24)16-5-3-2-4-6-16/h2-7,9,11,18-19,21H,8,10,13-14H2,1H3/t18-,19+,21?/m1/s1. The Labute approximate surface area is 154 Å². The maximum atomic E-state index is 13.0. The van der Waals surface area contributed by atoms with Crippen LogP contribution >= 0.6 is 0 Å². The van der Waals surface area contributed by atoms with Crippen LogP contribution in [0.2, 0.25) is 0 Å². The van der Waals surface area contributed by atoms with Crippen molar-refractivity contribution in [3.05, 3.63) is 65.2 Å². The minimum atomic E-state index is -0.445. The fourth-order valence-corrected chi connectivity index (χ4v) is 4.05. The van der Waals surface area contributed by atoms with Gasteiger partial charge >= 0.3 is 0 Å². The number of fused-ring (bicyclic) bond motifs is 1. The molecule has 0 N–H and O–H groups in total. The SMILES string of the molecule is Cc1ccc2c(c1)CCC(C(=O)N1C[C@@H](C#N)[C@H](c3ccccc3)C1)O2. The molecule has 4 heteroatoms. The smallest absolute Gasteiger partial charge is 0.263 e. The third-order valence-electron chi connectivity index (χ3n) is 5.46. The molecule has 0 bridgehead atoms. The number of nitriles is 1. The summed E-state index contributed by atoms with van der Waals surface area (Å²) in [6, 6.07) is 18.5. The molecule has 0 saturated carbocycles. The summed E-state index contributed by atoms with van der Waals surface area (Å²) < 4.78 is 6.00. The van der Waals surface area contributed by atoms with Crippen LogP contribution in [0, 0.1) is 24.2 Å². The van der Waals surface area contributed by atoms with Gasteiger partial charge in [0.1, 0.15) is 5.75 Å². The van der Waals surface area contributed by atoms with E-state index in [9.17, 15) is 10.1 Å². The fraction of sp³-hybridized carbons (Fsp3) is 0.364. The Balaban J connectivity index is 1.49. The number of likely N-dealkylation sites (tertiary alicyclic amines) is 1. The van der Waals surface area contributed by atoms with Crippen LogP contribution in [0.25, 0.3) is 0 Å². The Morgan fingerprint density at radius 2 is 2.00 bits per heavy atom. The van der Waals surface area contributed by atoms with Crippen LogP contribution in [0.1, 0.15) is 29.0 Å². The largest absolute Gasteiger partial charge is 0.480 e. The number of hydrogen-bond donors (Lipinski definition) is 0. The quantitative estimate of drug-likeness (QED) is 0.837. The number of aryl methyl sites for hydroxylation is 2. The molecule has 1 fully saturated rings. The van der Waals surface area contributed by atoms with Gasteiger partial charge < -0.3 is 9.64 Å². The molecule has 2 aliphatic rings. The average molecular weight is 346 g/mol. The highest BCUT2D eigenvalue weighted by Crippen LogP contribution is 2.34. The fourth-order valence-electron chi connectivity index (χ4n) is 4.05. The highest BCUT2D eigenvalue weighted by molar-refractivity contribution is 5.82. The van der Waals surface area contributed by atoms with E-state index < -0.39 is 6.10 Å². The first-order valence-corrected chi connectivity index (χ1v) is 9.15. The van der Waals surface area contributed by atoms with E-state index in [2.05, 4.69) is 19.1 Å². The van der Waals surface area contributed by atoms with Crippen molar-refractivity contribution >= 4 is 5.91 Å². The summed E-state index contributed by atoms with van der Waals surface area (Å²) in [7, 11) is 0. The third-order valence-corrected chi connectivity index (χ3v) is 5.46. The molecule has 3 atom stereocenters. The summed E-state index contributed by atoms with van der Waals surface area (Å²) in [5.41, 5.74) is 3.51. The Bertz CT molecular complexity index is 856. The van der Waals surface area contributed by atoms with Gasteiger partial charge in [-0.2, -0.15) is 5.26 Å². The number of hydrogen-bond acceptors (Lipinski definition) is 3. The second kappa shape index (κ2) is 6.84. The van der Waals surface area contributed by atoms with Gasteiger partial charge in [-0.15, -0.1) is 0 Å². The van der Waals surface area contributed by atoms with Gasteiger partial charge in [-0.3, -0.25) is 4.79 Å². The van der Waals surface area contributed by atoms with Crippen molar-refractivity contribution in [1.29, 1.82) is 5.26 Å². The summed E-state index contributed by atoms with van der Waals surface area (Å²) in [4.78, 5) is 14.8. The average Bonchev–Trinajstić information content (AvgIpc) is 3.12. The Morgan fingerprint density at radius 3 is 2.77 bits per heavy atom. The minimum Gasteiger partial charge on any atom is -0.480 e. The second-order valence-electron chi connectivity index (χ2n) is 7.25. The minimum absolute atomic E-state index is 0.00917. The molecule has 1 unspecified atom stereocenters. The van der Waals surface area contributed by atoms with Gasteiger partial charge in [-0.25, -0.2) is 0 Å². The zero-order valence-corrected chi connectivity index (χ0v) is 14.9. The zero-order chi connectivity index (χ0) is 18.1. The van der Waals surface area contributed by atoms with E-state index in [4.69, 9.17) is 4.74 Å². The predicted octanol–water partition coefficient (Wildman–Crippen LogP) is 3.45. The van der Waals surface area contributed by atoms with E-state index in [0.29, 0.717) is 19.5 Å². The number of carbonyl (C=O) groups excluding carboxylic acids is 1. The molecule has 2 aromatic rings. The van der Waals surface area contributed by atoms with Gasteiger partial charge in [0.15, 0.2) is 6.10 Å². The maximum absolute atomic E-state index is 13.0. The van der Waals surface area contributed by atoms with Gasteiger partial charge in [-0.05, 0) is 37.0 Å². The molecule has 0 radical (unpaired) electrons. The molecule has 1 amide bonds. The molecular weight excluding hydrogens is 324 g/mol. The van der Waals surface area contributed by atoms with E-state index in [1.165, 1.54) is 11.1 Å². The summed E-state index contributed by atoms with van der Waals surface area (Å²) in [5, 5.41) is 9.54. The lowest BCUT2D eigenvalue weighted by Gasteiger charge is -2.29. The van der Waals surface area contributed by atoms with Gasteiger partial charge in [0.05, 0.1) is 12.0 Å². The number of amides is 1. The van der Waals surface area contributed by atoms with Crippen LogP contribution in [-0.4, -0.2) is 30.0 Å². The normalized spacial score (nSPS) is 24.5. The highest BCUT2D eigenvalue weighted by Gasteiger charge is 2.39. The molecule has 132 valence electrons. The first kappa shape index (κ1) is 16.7. The van der Waals surface area contributed by atoms with Crippen molar-refractivity contribution in [3.63, 3.8) is 0 Å². The number of ether oxygens (including phenoxy) is 1. The first-order chi connectivity index (χ1) is 12.7. The lowest BCUT2D eigenvalue weighted by atomic mass is 9.90. The number of benzene rings is 2. The monoisotopic (exact) mass is 346 g/mol. The second-order valence-corrected chi connectivity index (χ2v) is 7.25. The molecule has 0 spiro atoms. The van der Waals surface area contributed by atoms with Crippen molar-refractivity contribution in [2.24, 2.45) is 5.92 Å². The zero-order valence-electron chi connectivity index (χ0n) is 14.9. The van der Waals surface area contributed by atoms with Gasteiger partial charge in [0, 0.05) is 19.0 Å². The van der Waals surface area contributed by atoms with Crippen LogP contribution in [0.15, 0.2) is 48.5 Å². The van der Waals surface area contributed by atoms with Crippen molar-refractivity contribution in [2.75, 3.05) is 13.1 Å². The van der Waals surface area contributed by atoms with Crippen LogP contribution in [-0.2, 0) is 11.2 Å². The molecule has 4 rings (SSSR count). The number of nitrogens with zero attached hydrogens (tertiary/aromatic N) is 2. The summed E-state index contributed by atoms with van der Waals surface area (Å²) in [5.74, 6) is 0.731. The van der Waals surface area contributed by atoms with Crippen molar-refractivity contribution in [1.82, 2.24) is 4.90 Å². The lowest BCUT2D eigenvalue weighted by Crippen LogP contribution is -2.42. The van der Waals surface area contributed by atoms with E-state index in [0.717, 1.165) is 17.7 Å². The van der Waals surface area contributed by atoms with Crippen LogP contribution in [0.3, 0.4) is 0 Å². The van der Waals surface area contributed by atoms with E-state index in [1.54, 1.807) is 0 Å². The van der Waals surface area contributed by atoms with Crippen molar-refractivity contribution in [2.45, 2.75) is 31.8 Å². The van der Waals surface area contributed by atoms with E-state index in [-0.39, 0.29) is 17.7 Å². The molecule has 0 aliphatic carbocycles. The van der Waals surface area contributed by atoms with Crippen molar-refractivity contribution in [3.8, 4) is 11.8 Å². The Morgan fingerprint density at radius 1 is 1.19 bits per heavy atom. The van der Waals surface area contributed by atoms with Crippen LogP contribution in [0.5, 0.6) is 5.75 Å². The first-order valence-electron chi connectivity index (χ1n) is 9.15. The molecule has 26 heavy (non-hydrogen) atoms. The van der Waals surface area contributed by atoms with Crippen LogP contribution in [0.4, 0.5) is 0 Å². The maximum Gasteiger partial charge on any atom is 0.263 e. The van der Waals surface area contributed by atoms with Gasteiger partial charge in [-0.1, -0.05) is 48.0 Å². The molecule has 0 aromatic heterocycles. The highest BCUT2D eigenvalue weighted by atomic mass is 16.5. The molecule has 2 aliphatic heterocycles. The van der Waals surface area contributed by atoms with Crippen molar-refractivity contribution < 1.29 is 9.53 Å². The summed E-state index contributed by atoms with van der Waals surface area (Å²) in [6.07, 6.45) is 1.10. The van der Waals surface area contributed by atoms with Gasteiger partial charge in [0.25, 0.3) is 5.91 Å². The van der Waals surface area contributed by atoms with Gasteiger partial charge in [0.2, 0.25) is 0 Å². The number of carbonyl (C=O) groups is 1. The predicted molar refractivity (Wildman–Crippen MR) is 98.8 cm³/mol. The third kappa shape index (κ3) is 3.06. The lowest BCUT2D eigenvalue weighted by molar-refractivity contribution is -0.138. The summed E-state index contributed by atoms with van der Waals surface area (Å²) in [6.45, 7) is 3.13. The Hall–Kier alpha value is -2.80. The molecule has 1 saturated heterocycles. The number of rotatable bonds is 2. The Kier molecular flexibility index (Phi) is 4.38. The topological polar surface area (TPSA) is 53.3 Å².